The molecule has 0 aromatic heterocycles. The van der Waals surface area contributed by atoms with Crippen molar-refractivity contribution in [2.24, 2.45) is 5.92 Å². The van der Waals surface area contributed by atoms with Crippen molar-refractivity contribution in [1.82, 2.24) is 4.90 Å². The standard InChI is InChI=1S/C14H23NO/c1-11(2)10-12-6-8-13(9-7-12)14(16-5)15(3)4/h6-9,11,14H,10H2,1-5H3. The zero-order valence-corrected chi connectivity index (χ0v) is 11.0. The Balaban J connectivity index is 2.77. The highest BCUT2D eigenvalue weighted by Gasteiger charge is 2.12. The van der Waals surface area contributed by atoms with Crippen molar-refractivity contribution in [3.63, 3.8) is 0 Å². The Morgan fingerprint density at radius 3 is 2.06 bits per heavy atom. The van der Waals surface area contributed by atoms with Gasteiger partial charge in [0.2, 0.25) is 0 Å². The first-order valence-electron chi connectivity index (χ1n) is 5.82. The number of nitrogens with zero attached hydrogens (tertiary/aromatic N) is 1. The van der Waals surface area contributed by atoms with Gasteiger partial charge in [0.15, 0.2) is 0 Å². The van der Waals surface area contributed by atoms with Crippen molar-refractivity contribution in [3.8, 4) is 0 Å². The Morgan fingerprint density at radius 1 is 1.12 bits per heavy atom. The molecule has 1 unspecified atom stereocenters. The largest absolute Gasteiger partial charge is 0.362 e. The van der Waals surface area contributed by atoms with Gasteiger partial charge >= 0.3 is 0 Å². The number of hydrogen-bond donors (Lipinski definition) is 0. The van der Waals surface area contributed by atoms with E-state index in [1.807, 2.05) is 14.1 Å². The third-order valence-corrected chi connectivity index (χ3v) is 2.60. The highest BCUT2D eigenvalue weighted by molar-refractivity contribution is 5.24. The number of hydrogen-bond acceptors (Lipinski definition) is 2. The lowest BCUT2D eigenvalue weighted by molar-refractivity contribution is -0.00541. The van der Waals surface area contributed by atoms with Crippen LogP contribution in [0.1, 0.15) is 31.2 Å². The molecule has 0 aliphatic rings. The molecule has 2 heteroatoms. The zero-order chi connectivity index (χ0) is 12.1. The van der Waals surface area contributed by atoms with Crippen LogP contribution in [0.15, 0.2) is 24.3 Å². The Hall–Kier alpha value is -0.860. The summed E-state index contributed by atoms with van der Waals surface area (Å²) < 4.78 is 5.44. The smallest absolute Gasteiger partial charge is 0.135 e. The summed E-state index contributed by atoms with van der Waals surface area (Å²) in [5.74, 6) is 0.706. The summed E-state index contributed by atoms with van der Waals surface area (Å²) in [5.41, 5.74) is 2.60. The Labute approximate surface area is 99.2 Å². The maximum Gasteiger partial charge on any atom is 0.135 e. The molecule has 0 bridgehead atoms. The molecule has 1 aromatic carbocycles. The predicted molar refractivity (Wildman–Crippen MR) is 68.4 cm³/mol. The Bertz CT molecular complexity index is 303. The minimum absolute atomic E-state index is 0.0492. The first kappa shape index (κ1) is 13.2. The molecule has 0 N–H and O–H groups in total. The molecule has 16 heavy (non-hydrogen) atoms. The van der Waals surface area contributed by atoms with Gasteiger partial charge in [0, 0.05) is 7.11 Å². The molecule has 1 atom stereocenters. The van der Waals surface area contributed by atoms with Gasteiger partial charge in [-0.3, -0.25) is 4.90 Å². The van der Waals surface area contributed by atoms with E-state index in [0.29, 0.717) is 5.92 Å². The van der Waals surface area contributed by atoms with Crippen LogP contribution in [0.2, 0.25) is 0 Å². The Morgan fingerprint density at radius 2 is 1.69 bits per heavy atom. The molecule has 0 aliphatic heterocycles. The van der Waals surface area contributed by atoms with E-state index in [-0.39, 0.29) is 6.23 Å². The van der Waals surface area contributed by atoms with Crippen LogP contribution in [0.4, 0.5) is 0 Å². The van der Waals surface area contributed by atoms with Gasteiger partial charge in [-0.1, -0.05) is 38.1 Å². The summed E-state index contributed by atoms with van der Waals surface area (Å²) in [6.45, 7) is 4.48. The van der Waals surface area contributed by atoms with Crippen molar-refractivity contribution in [3.05, 3.63) is 35.4 Å². The summed E-state index contributed by atoms with van der Waals surface area (Å²) in [7, 11) is 5.79. The lowest BCUT2D eigenvalue weighted by Gasteiger charge is -2.23. The van der Waals surface area contributed by atoms with E-state index in [0.717, 1.165) is 6.42 Å². The predicted octanol–water partition coefficient (Wildman–Crippen LogP) is 3.09. The number of benzene rings is 1. The highest BCUT2D eigenvalue weighted by atomic mass is 16.5. The molecular formula is C14H23NO. The highest BCUT2D eigenvalue weighted by Crippen LogP contribution is 2.20. The first-order valence-corrected chi connectivity index (χ1v) is 5.82. The van der Waals surface area contributed by atoms with Gasteiger partial charge in [0.25, 0.3) is 0 Å². The lowest BCUT2D eigenvalue weighted by Crippen LogP contribution is -2.21. The van der Waals surface area contributed by atoms with Crippen molar-refractivity contribution in [2.45, 2.75) is 26.5 Å². The van der Waals surface area contributed by atoms with Gasteiger partial charge in [-0.2, -0.15) is 0 Å². The van der Waals surface area contributed by atoms with Crippen molar-refractivity contribution < 1.29 is 4.74 Å². The summed E-state index contributed by atoms with van der Waals surface area (Å²) in [5, 5.41) is 0. The van der Waals surface area contributed by atoms with Crippen LogP contribution in [0.5, 0.6) is 0 Å². The average Bonchev–Trinajstić information content (AvgIpc) is 2.20. The van der Waals surface area contributed by atoms with Crippen LogP contribution in [-0.2, 0) is 11.2 Å². The molecule has 0 spiro atoms. The second-order valence-corrected chi connectivity index (χ2v) is 4.89. The molecule has 90 valence electrons. The molecule has 1 rings (SSSR count). The molecule has 0 fully saturated rings. The first-order chi connectivity index (χ1) is 7.54. The van der Waals surface area contributed by atoms with Gasteiger partial charge < -0.3 is 4.74 Å². The van der Waals surface area contributed by atoms with Gasteiger partial charge in [0.1, 0.15) is 6.23 Å². The molecule has 1 aromatic rings. The van der Waals surface area contributed by atoms with Crippen molar-refractivity contribution >= 4 is 0 Å². The topological polar surface area (TPSA) is 12.5 Å². The van der Waals surface area contributed by atoms with E-state index in [2.05, 4.69) is 43.0 Å². The minimum atomic E-state index is 0.0492. The zero-order valence-electron chi connectivity index (χ0n) is 11.0. The number of rotatable bonds is 5. The quantitative estimate of drug-likeness (QED) is 0.708. The van der Waals surface area contributed by atoms with Gasteiger partial charge in [-0.15, -0.1) is 0 Å². The van der Waals surface area contributed by atoms with Crippen LogP contribution < -0.4 is 0 Å². The van der Waals surface area contributed by atoms with E-state index < -0.39 is 0 Å². The summed E-state index contributed by atoms with van der Waals surface area (Å²) >= 11 is 0. The summed E-state index contributed by atoms with van der Waals surface area (Å²) in [6.07, 6.45) is 1.19. The molecule has 0 amide bonds. The molecule has 0 heterocycles. The normalized spacial score (nSPS) is 13.4. The Kier molecular flexibility index (Phi) is 4.97. The van der Waals surface area contributed by atoms with E-state index >= 15 is 0 Å². The summed E-state index contributed by atoms with van der Waals surface area (Å²) in [4.78, 5) is 2.07. The minimum Gasteiger partial charge on any atom is -0.362 e. The summed E-state index contributed by atoms with van der Waals surface area (Å²) in [6, 6.07) is 8.72. The molecule has 0 aliphatic carbocycles. The van der Waals surface area contributed by atoms with Crippen molar-refractivity contribution in [2.75, 3.05) is 21.2 Å². The molecule has 0 saturated heterocycles. The van der Waals surface area contributed by atoms with Gasteiger partial charge in [-0.05, 0) is 37.6 Å². The lowest BCUT2D eigenvalue weighted by atomic mass is 10.0. The van der Waals surface area contributed by atoms with E-state index in [9.17, 15) is 0 Å². The monoisotopic (exact) mass is 221 g/mol. The number of methoxy groups -OCH3 is 1. The SMILES string of the molecule is COC(c1ccc(CC(C)C)cc1)N(C)C. The van der Waals surface area contributed by atoms with E-state index in [1.165, 1.54) is 11.1 Å². The molecule has 0 radical (unpaired) electrons. The van der Waals surface area contributed by atoms with E-state index in [1.54, 1.807) is 7.11 Å². The van der Waals surface area contributed by atoms with E-state index in [4.69, 9.17) is 4.74 Å². The van der Waals surface area contributed by atoms with Crippen LogP contribution in [0.25, 0.3) is 0 Å². The average molecular weight is 221 g/mol. The second-order valence-electron chi connectivity index (χ2n) is 4.89. The van der Waals surface area contributed by atoms with Gasteiger partial charge in [0.05, 0.1) is 0 Å². The fraction of sp³-hybridized carbons (Fsp3) is 0.571. The maximum absolute atomic E-state index is 5.44. The fourth-order valence-electron chi connectivity index (χ4n) is 1.93. The third kappa shape index (κ3) is 3.62. The molecule has 0 saturated carbocycles. The fourth-order valence-corrected chi connectivity index (χ4v) is 1.93. The number of ether oxygens (including phenoxy) is 1. The maximum atomic E-state index is 5.44. The van der Waals surface area contributed by atoms with Crippen molar-refractivity contribution in [1.29, 1.82) is 0 Å². The van der Waals surface area contributed by atoms with Crippen LogP contribution in [0, 0.1) is 5.92 Å². The second kappa shape index (κ2) is 6.02. The molecular weight excluding hydrogens is 198 g/mol. The van der Waals surface area contributed by atoms with Gasteiger partial charge in [-0.25, -0.2) is 0 Å². The van der Waals surface area contributed by atoms with Crippen LogP contribution in [-0.4, -0.2) is 26.1 Å². The third-order valence-electron chi connectivity index (χ3n) is 2.60. The van der Waals surface area contributed by atoms with Crippen LogP contribution in [0.3, 0.4) is 0 Å². The molecule has 2 nitrogen and oxygen atoms in total. The van der Waals surface area contributed by atoms with Crippen LogP contribution >= 0.6 is 0 Å².